The van der Waals surface area contributed by atoms with Gasteiger partial charge in [0.2, 0.25) is 0 Å². The second kappa shape index (κ2) is 6.20. The second-order valence-electron chi connectivity index (χ2n) is 3.90. The first kappa shape index (κ1) is 14.2. The summed E-state index contributed by atoms with van der Waals surface area (Å²) >= 11 is 5.76. The Morgan fingerprint density at radius 2 is 2.28 bits per heavy atom. The molecule has 0 saturated carbocycles. The fourth-order valence-corrected chi connectivity index (χ4v) is 1.69. The molecule has 6 nitrogen and oxygen atoms in total. The molecule has 0 fully saturated rings. The van der Waals surface area contributed by atoms with E-state index in [1.807, 2.05) is 6.92 Å². The summed E-state index contributed by atoms with van der Waals surface area (Å²) in [5, 5.41) is 22.2. The molecule has 1 rings (SSSR count). The van der Waals surface area contributed by atoms with Crippen LogP contribution in [0.1, 0.15) is 19.8 Å². The summed E-state index contributed by atoms with van der Waals surface area (Å²) in [5.74, 6) is -0.856. The molecule has 0 bridgehead atoms. The molecule has 0 amide bonds. The minimum atomic E-state index is -0.856. The Hall–Kier alpha value is -1.82. The third-order valence-electron chi connectivity index (χ3n) is 2.35. The first-order valence-corrected chi connectivity index (χ1v) is 5.70. The summed E-state index contributed by atoms with van der Waals surface area (Å²) in [6.45, 7) is 1.83. The number of anilines is 1. The largest absolute Gasteiger partial charge is 0.481 e. The van der Waals surface area contributed by atoms with Gasteiger partial charge in [0.05, 0.1) is 4.92 Å². The van der Waals surface area contributed by atoms with E-state index < -0.39 is 10.9 Å². The molecule has 18 heavy (non-hydrogen) atoms. The minimum absolute atomic E-state index is 0.0513. The van der Waals surface area contributed by atoms with E-state index in [1.54, 1.807) is 6.07 Å². The molecule has 0 aliphatic carbocycles. The van der Waals surface area contributed by atoms with Crippen LogP contribution in [0.25, 0.3) is 0 Å². The van der Waals surface area contributed by atoms with Gasteiger partial charge in [0, 0.05) is 24.2 Å². The Bertz CT molecular complexity index is 464. The number of nitrogens with one attached hydrogen (secondary N) is 1. The number of nitro groups is 1. The van der Waals surface area contributed by atoms with Crippen LogP contribution < -0.4 is 5.32 Å². The van der Waals surface area contributed by atoms with E-state index in [9.17, 15) is 14.9 Å². The van der Waals surface area contributed by atoms with Crippen molar-refractivity contribution in [2.24, 2.45) is 0 Å². The number of aliphatic carboxylic acids is 1. The maximum absolute atomic E-state index is 10.6. The fraction of sp³-hybridized carbons (Fsp3) is 0.364. The summed E-state index contributed by atoms with van der Waals surface area (Å²) in [6.07, 6.45) is 0.527. The van der Waals surface area contributed by atoms with Crippen molar-refractivity contribution in [2.75, 3.05) is 5.32 Å². The van der Waals surface area contributed by atoms with Crippen molar-refractivity contribution in [1.29, 1.82) is 0 Å². The van der Waals surface area contributed by atoms with Crippen LogP contribution in [0, 0.1) is 10.1 Å². The van der Waals surface area contributed by atoms with Crippen LogP contribution in [0.3, 0.4) is 0 Å². The number of hydrogen-bond acceptors (Lipinski definition) is 4. The number of benzene rings is 1. The predicted molar refractivity (Wildman–Crippen MR) is 68.1 cm³/mol. The molecule has 1 aromatic rings. The molecule has 0 aromatic heterocycles. The Balaban J connectivity index is 2.65. The van der Waals surface area contributed by atoms with Gasteiger partial charge in [0.25, 0.3) is 5.69 Å². The van der Waals surface area contributed by atoms with Gasteiger partial charge in [0.15, 0.2) is 0 Å². The molecule has 1 unspecified atom stereocenters. The van der Waals surface area contributed by atoms with Crippen LogP contribution in [-0.2, 0) is 4.79 Å². The molecular formula is C11H13ClN2O4. The lowest BCUT2D eigenvalue weighted by molar-refractivity contribution is -0.384. The molecule has 1 aromatic carbocycles. The van der Waals surface area contributed by atoms with E-state index in [0.717, 1.165) is 0 Å². The Morgan fingerprint density at radius 1 is 1.61 bits per heavy atom. The maximum atomic E-state index is 10.6. The average Bonchev–Trinajstić information content (AvgIpc) is 2.26. The first-order valence-electron chi connectivity index (χ1n) is 5.32. The van der Waals surface area contributed by atoms with Gasteiger partial charge in [0.1, 0.15) is 5.02 Å². The van der Waals surface area contributed by atoms with Crippen molar-refractivity contribution in [3.05, 3.63) is 33.3 Å². The van der Waals surface area contributed by atoms with Gasteiger partial charge in [-0.2, -0.15) is 0 Å². The van der Waals surface area contributed by atoms with Gasteiger partial charge < -0.3 is 10.4 Å². The standard InChI is InChI=1S/C11H13ClN2O4/c1-7(2-5-11(15)16)13-8-3-4-10(14(17)18)9(12)6-8/h3-4,6-7,13H,2,5H2,1H3,(H,15,16). The average molecular weight is 273 g/mol. The fourth-order valence-electron chi connectivity index (χ4n) is 1.44. The quantitative estimate of drug-likeness (QED) is 0.613. The summed E-state index contributed by atoms with van der Waals surface area (Å²) in [5.41, 5.74) is 0.476. The van der Waals surface area contributed by atoms with Crippen LogP contribution in [0.2, 0.25) is 5.02 Å². The van der Waals surface area contributed by atoms with Gasteiger partial charge in [-0.1, -0.05) is 11.6 Å². The number of carboxylic acid groups (broad SMARTS) is 1. The van der Waals surface area contributed by atoms with E-state index in [0.29, 0.717) is 12.1 Å². The number of nitro benzene ring substituents is 1. The zero-order chi connectivity index (χ0) is 13.7. The molecule has 0 aliphatic rings. The lowest BCUT2D eigenvalue weighted by atomic mass is 10.1. The number of hydrogen-bond donors (Lipinski definition) is 2. The zero-order valence-electron chi connectivity index (χ0n) is 9.72. The third-order valence-corrected chi connectivity index (χ3v) is 2.65. The summed E-state index contributed by atoms with van der Waals surface area (Å²) in [7, 11) is 0. The van der Waals surface area contributed by atoms with Crippen molar-refractivity contribution < 1.29 is 14.8 Å². The first-order chi connectivity index (χ1) is 8.40. The lowest BCUT2D eigenvalue weighted by Gasteiger charge is -2.14. The van der Waals surface area contributed by atoms with Gasteiger partial charge >= 0.3 is 5.97 Å². The molecule has 0 saturated heterocycles. The number of rotatable bonds is 6. The van der Waals surface area contributed by atoms with Crippen LogP contribution in [0.4, 0.5) is 11.4 Å². The highest BCUT2D eigenvalue weighted by molar-refractivity contribution is 6.32. The molecule has 0 radical (unpaired) electrons. The zero-order valence-corrected chi connectivity index (χ0v) is 10.5. The van der Waals surface area contributed by atoms with E-state index >= 15 is 0 Å². The molecule has 0 aliphatic heterocycles. The Morgan fingerprint density at radius 3 is 2.78 bits per heavy atom. The summed E-state index contributed by atoms with van der Waals surface area (Å²) in [4.78, 5) is 20.4. The number of carbonyl (C=O) groups is 1. The summed E-state index contributed by atoms with van der Waals surface area (Å²) < 4.78 is 0. The van der Waals surface area contributed by atoms with Crippen molar-refractivity contribution in [1.82, 2.24) is 0 Å². The Labute approximate surface area is 109 Å². The van der Waals surface area contributed by atoms with Crippen molar-refractivity contribution in [2.45, 2.75) is 25.8 Å². The van der Waals surface area contributed by atoms with Gasteiger partial charge in [-0.05, 0) is 25.5 Å². The van der Waals surface area contributed by atoms with E-state index in [-0.39, 0.29) is 23.2 Å². The highest BCUT2D eigenvalue weighted by Gasteiger charge is 2.13. The smallest absolute Gasteiger partial charge is 0.303 e. The third kappa shape index (κ3) is 4.21. The molecule has 2 N–H and O–H groups in total. The monoisotopic (exact) mass is 272 g/mol. The maximum Gasteiger partial charge on any atom is 0.303 e. The normalized spacial score (nSPS) is 11.9. The van der Waals surface area contributed by atoms with Crippen molar-refractivity contribution >= 4 is 28.9 Å². The molecule has 0 heterocycles. The predicted octanol–water partition coefficient (Wildman–Crippen LogP) is 2.91. The van der Waals surface area contributed by atoms with E-state index in [4.69, 9.17) is 16.7 Å². The number of carboxylic acids is 1. The number of nitrogens with zero attached hydrogens (tertiary/aromatic N) is 1. The van der Waals surface area contributed by atoms with E-state index in [2.05, 4.69) is 5.32 Å². The molecular weight excluding hydrogens is 260 g/mol. The van der Waals surface area contributed by atoms with Crippen molar-refractivity contribution in [3.63, 3.8) is 0 Å². The van der Waals surface area contributed by atoms with Crippen LogP contribution in [0.15, 0.2) is 18.2 Å². The van der Waals surface area contributed by atoms with Crippen LogP contribution in [-0.4, -0.2) is 22.0 Å². The molecule has 1 atom stereocenters. The molecule has 7 heteroatoms. The topological polar surface area (TPSA) is 92.5 Å². The molecule has 98 valence electrons. The van der Waals surface area contributed by atoms with Gasteiger partial charge in [-0.3, -0.25) is 14.9 Å². The van der Waals surface area contributed by atoms with Crippen LogP contribution >= 0.6 is 11.6 Å². The van der Waals surface area contributed by atoms with Gasteiger partial charge in [-0.15, -0.1) is 0 Å². The van der Waals surface area contributed by atoms with E-state index in [1.165, 1.54) is 12.1 Å². The van der Waals surface area contributed by atoms with Gasteiger partial charge in [-0.25, -0.2) is 0 Å². The van der Waals surface area contributed by atoms with Crippen molar-refractivity contribution in [3.8, 4) is 0 Å². The lowest BCUT2D eigenvalue weighted by Crippen LogP contribution is -2.16. The minimum Gasteiger partial charge on any atom is -0.481 e. The Kier molecular flexibility index (Phi) is 4.91. The second-order valence-corrected chi connectivity index (χ2v) is 4.31. The SMILES string of the molecule is CC(CCC(=O)O)Nc1ccc([N+](=O)[O-])c(Cl)c1. The highest BCUT2D eigenvalue weighted by Crippen LogP contribution is 2.27. The highest BCUT2D eigenvalue weighted by atomic mass is 35.5. The summed E-state index contributed by atoms with van der Waals surface area (Å²) in [6, 6.07) is 4.26. The number of halogens is 1. The molecule has 0 spiro atoms. The van der Waals surface area contributed by atoms with Crippen LogP contribution in [0.5, 0.6) is 0 Å².